The molecule has 3 aromatic carbocycles. The lowest BCUT2D eigenvalue weighted by Crippen LogP contribution is -2.18. The first-order valence-corrected chi connectivity index (χ1v) is 10.4. The van der Waals surface area contributed by atoms with Crippen LogP contribution in [0, 0.1) is 0 Å². The summed E-state index contributed by atoms with van der Waals surface area (Å²) in [6.45, 7) is 0.359. The van der Waals surface area contributed by atoms with Crippen molar-refractivity contribution in [3.05, 3.63) is 93.9 Å². The van der Waals surface area contributed by atoms with Crippen molar-refractivity contribution in [2.24, 2.45) is 0 Å². The minimum Gasteiger partial charge on any atom is -0.408 e. The molecule has 4 aromatic rings. The number of aryl methyl sites for hydroxylation is 1. The highest BCUT2D eigenvalue weighted by Gasteiger charge is 2.12. The highest BCUT2D eigenvalue weighted by atomic mass is 35.5. The smallest absolute Gasteiger partial charge is 0.408 e. The van der Waals surface area contributed by atoms with Crippen LogP contribution in [0.15, 0.2) is 82.0 Å². The first kappa shape index (κ1) is 21.4. The number of carbonyl (C=O) groups is 2. The van der Waals surface area contributed by atoms with Gasteiger partial charge < -0.3 is 15.1 Å². The minimum atomic E-state index is -0.443. The molecule has 2 N–H and O–H groups in total. The van der Waals surface area contributed by atoms with Gasteiger partial charge >= 0.3 is 5.76 Å². The summed E-state index contributed by atoms with van der Waals surface area (Å²) in [6, 6.07) is 20.6. The number of benzene rings is 3. The Kier molecular flexibility index (Phi) is 6.37. The summed E-state index contributed by atoms with van der Waals surface area (Å²) in [4.78, 5) is 37.0. The second-order valence-corrected chi connectivity index (χ2v) is 7.58. The fourth-order valence-corrected chi connectivity index (χ4v) is 3.46. The Morgan fingerprint density at radius 3 is 2.28 bits per heavy atom. The van der Waals surface area contributed by atoms with Crippen molar-refractivity contribution in [3.8, 4) is 0 Å². The molecular weight excluding hydrogens is 430 g/mol. The maximum absolute atomic E-state index is 12.5. The van der Waals surface area contributed by atoms with Crippen LogP contribution in [0.5, 0.6) is 0 Å². The molecule has 0 saturated heterocycles. The van der Waals surface area contributed by atoms with Crippen molar-refractivity contribution < 1.29 is 14.0 Å². The van der Waals surface area contributed by atoms with Gasteiger partial charge in [0.05, 0.1) is 16.9 Å². The summed E-state index contributed by atoms with van der Waals surface area (Å²) in [7, 11) is 0. The second kappa shape index (κ2) is 9.53. The van der Waals surface area contributed by atoms with Crippen molar-refractivity contribution in [1.82, 2.24) is 4.57 Å². The molecule has 32 heavy (non-hydrogen) atoms. The van der Waals surface area contributed by atoms with Gasteiger partial charge in [0.1, 0.15) is 0 Å². The van der Waals surface area contributed by atoms with Crippen LogP contribution in [0.2, 0.25) is 5.02 Å². The molecule has 0 spiro atoms. The lowest BCUT2D eigenvalue weighted by Gasteiger charge is -2.12. The van der Waals surface area contributed by atoms with Gasteiger partial charge in [0.2, 0.25) is 5.91 Å². The number of anilines is 2. The molecule has 0 saturated carbocycles. The van der Waals surface area contributed by atoms with E-state index in [1.165, 1.54) is 4.57 Å². The number of hydrogen-bond donors (Lipinski definition) is 2. The molecular formula is C24H20ClN3O4. The van der Waals surface area contributed by atoms with Crippen LogP contribution in [0.4, 0.5) is 11.4 Å². The number of fused-ring (bicyclic) bond motifs is 1. The summed E-state index contributed by atoms with van der Waals surface area (Å²) in [5.41, 5.74) is 2.65. The highest BCUT2D eigenvalue weighted by Crippen LogP contribution is 2.22. The minimum absolute atomic E-state index is 0.200. The average Bonchev–Trinajstić information content (AvgIpc) is 3.10. The number of nitrogens with zero attached hydrogens (tertiary/aromatic N) is 1. The molecule has 0 aliphatic carbocycles. The zero-order chi connectivity index (χ0) is 22.5. The quantitative estimate of drug-likeness (QED) is 0.419. The summed E-state index contributed by atoms with van der Waals surface area (Å²) < 4.78 is 6.72. The molecule has 1 aromatic heterocycles. The maximum atomic E-state index is 12.5. The summed E-state index contributed by atoms with van der Waals surface area (Å²) in [6.07, 6.45) is 0.653. The molecule has 162 valence electrons. The fourth-order valence-electron chi connectivity index (χ4n) is 3.33. The van der Waals surface area contributed by atoms with Crippen LogP contribution in [0.25, 0.3) is 11.1 Å². The lowest BCUT2D eigenvalue weighted by atomic mass is 10.2. The summed E-state index contributed by atoms with van der Waals surface area (Å²) >= 11 is 5.87. The lowest BCUT2D eigenvalue weighted by molar-refractivity contribution is -0.116. The molecule has 0 fully saturated rings. The van der Waals surface area contributed by atoms with Crippen LogP contribution in [0.1, 0.15) is 23.2 Å². The third kappa shape index (κ3) is 4.90. The Balaban J connectivity index is 1.37. The Labute approximate surface area is 188 Å². The molecule has 0 aliphatic rings. The van der Waals surface area contributed by atoms with Crippen molar-refractivity contribution in [1.29, 1.82) is 0 Å². The van der Waals surface area contributed by atoms with Crippen LogP contribution < -0.4 is 16.4 Å². The van der Waals surface area contributed by atoms with Gasteiger partial charge in [-0.05, 0) is 55.0 Å². The van der Waals surface area contributed by atoms with Gasteiger partial charge in [-0.3, -0.25) is 14.2 Å². The van der Waals surface area contributed by atoms with Gasteiger partial charge in [0, 0.05) is 23.6 Å². The number of carbonyl (C=O) groups excluding carboxylic acids is 2. The van der Waals surface area contributed by atoms with Crippen LogP contribution in [0.3, 0.4) is 0 Å². The maximum Gasteiger partial charge on any atom is 0.419 e. The number of hydrogen-bond acceptors (Lipinski definition) is 4. The molecule has 2 amide bonds. The van der Waals surface area contributed by atoms with Crippen LogP contribution >= 0.6 is 11.6 Å². The largest absolute Gasteiger partial charge is 0.419 e. The monoisotopic (exact) mass is 449 g/mol. The molecule has 7 nitrogen and oxygen atoms in total. The number of amides is 2. The van der Waals surface area contributed by atoms with Gasteiger partial charge in [-0.1, -0.05) is 35.9 Å². The van der Waals surface area contributed by atoms with E-state index in [1.54, 1.807) is 66.7 Å². The molecule has 8 heteroatoms. The zero-order valence-electron chi connectivity index (χ0n) is 17.0. The van der Waals surface area contributed by atoms with E-state index in [2.05, 4.69) is 10.6 Å². The van der Waals surface area contributed by atoms with E-state index in [1.807, 2.05) is 6.07 Å². The molecule has 0 bridgehead atoms. The molecule has 0 atom stereocenters. The van der Waals surface area contributed by atoms with Gasteiger partial charge in [0.15, 0.2) is 5.58 Å². The molecule has 0 radical (unpaired) electrons. The standard InChI is InChI=1S/C24H20ClN3O4/c25-17-13-11-16(12-14-17)23(30)27-19-7-2-1-6-18(19)26-22(29)10-5-15-28-20-8-3-4-9-21(20)32-24(28)31/h1-4,6-9,11-14H,5,10,15H2,(H,26,29)(H,27,30). The van der Waals surface area contributed by atoms with Gasteiger partial charge in [-0.25, -0.2) is 4.79 Å². The molecule has 1 heterocycles. The topological polar surface area (TPSA) is 93.3 Å². The predicted molar refractivity (Wildman–Crippen MR) is 124 cm³/mol. The number of para-hydroxylation sites is 4. The third-order valence-electron chi connectivity index (χ3n) is 4.92. The van der Waals surface area contributed by atoms with Gasteiger partial charge in [-0.2, -0.15) is 0 Å². The normalized spacial score (nSPS) is 10.8. The van der Waals surface area contributed by atoms with Gasteiger partial charge in [0.25, 0.3) is 5.91 Å². The first-order chi connectivity index (χ1) is 15.5. The second-order valence-electron chi connectivity index (χ2n) is 7.15. The molecule has 4 rings (SSSR count). The Morgan fingerprint density at radius 2 is 1.53 bits per heavy atom. The number of nitrogens with one attached hydrogen (secondary N) is 2. The van der Waals surface area contributed by atoms with Crippen LogP contribution in [-0.2, 0) is 11.3 Å². The zero-order valence-corrected chi connectivity index (χ0v) is 17.8. The third-order valence-corrected chi connectivity index (χ3v) is 5.17. The number of aromatic nitrogens is 1. The highest BCUT2D eigenvalue weighted by molar-refractivity contribution is 6.30. The van der Waals surface area contributed by atoms with E-state index in [9.17, 15) is 14.4 Å². The first-order valence-electron chi connectivity index (χ1n) is 10.1. The summed E-state index contributed by atoms with van der Waals surface area (Å²) in [5, 5.41) is 6.17. The van der Waals surface area contributed by atoms with E-state index in [0.717, 1.165) is 0 Å². The Bertz CT molecular complexity index is 1330. The van der Waals surface area contributed by atoms with E-state index < -0.39 is 5.76 Å². The van der Waals surface area contributed by atoms with Crippen molar-refractivity contribution in [3.63, 3.8) is 0 Å². The Hall–Kier alpha value is -3.84. The molecule has 0 aliphatic heterocycles. The number of oxazole rings is 1. The van der Waals surface area contributed by atoms with Crippen molar-refractivity contribution in [2.75, 3.05) is 10.6 Å². The van der Waals surface area contributed by atoms with E-state index in [4.69, 9.17) is 16.0 Å². The average molecular weight is 450 g/mol. The SMILES string of the molecule is O=C(CCCn1c(=O)oc2ccccc21)Nc1ccccc1NC(=O)c1ccc(Cl)cc1. The van der Waals surface area contributed by atoms with Crippen molar-refractivity contribution in [2.45, 2.75) is 19.4 Å². The predicted octanol–water partition coefficient (Wildman–Crippen LogP) is 4.92. The van der Waals surface area contributed by atoms with E-state index in [-0.39, 0.29) is 18.2 Å². The van der Waals surface area contributed by atoms with Crippen LogP contribution in [-0.4, -0.2) is 16.4 Å². The molecule has 0 unspecified atom stereocenters. The van der Waals surface area contributed by atoms with E-state index >= 15 is 0 Å². The van der Waals surface area contributed by atoms with Gasteiger partial charge in [-0.15, -0.1) is 0 Å². The van der Waals surface area contributed by atoms with E-state index in [0.29, 0.717) is 46.0 Å². The summed E-state index contributed by atoms with van der Waals surface area (Å²) in [5.74, 6) is -0.976. The number of rotatable bonds is 7. The van der Waals surface area contributed by atoms with Crippen molar-refractivity contribution >= 4 is 45.9 Å². The Morgan fingerprint density at radius 1 is 0.875 bits per heavy atom. The number of halogens is 1. The fraction of sp³-hybridized carbons (Fsp3) is 0.125.